The fourth-order valence-corrected chi connectivity index (χ4v) is 6.43. The van der Waals surface area contributed by atoms with Crippen molar-refractivity contribution in [2.75, 3.05) is 4.90 Å². The van der Waals surface area contributed by atoms with Gasteiger partial charge in [-0.3, -0.25) is 4.57 Å². The topological polar surface area (TPSA) is 46.8 Å². The molecule has 0 fully saturated rings. The summed E-state index contributed by atoms with van der Waals surface area (Å²) in [6.45, 7) is 0. The molecule has 1 aliphatic rings. The molecule has 9 rings (SSSR count). The summed E-state index contributed by atoms with van der Waals surface area (Å²) in [7, 11) is 0. The van der Waals surface area contributed by atoms with E-state index in [-0.39, 0.29) is 0 Å². The predicted octanol–water partition coefficient (Wildman–Crippen LogP) is 10.3. The van der Waals surface area contributed by atoms with E-state index in [4.69, 9.17) is 15.0 Å². The fraction of sp³-hybridized carbons (Fsp3) is 0. The van der Waals surface area contributed by atoms with Gasteiger partial charge < -0.3 is 4.90 Å². The lowest BCUT2D eigenvalue weighted by molar-refractivity contribution is 1.11. The monoisotopic (exact) mass is 589 g/mol. The largest absolute Gasteiger partial charge is 0.308 e. The fourth-order valence-electron chi connectivity index (χ4n) is 6.43. The lowest BCUT2D eigenvalue weighted by Gasteiger charge is -2.27. The number of imidazole rings is 1. The summed E-state index contributed by atoms with van der Waals surface area (Å²) in [5.41, 5.74) is 12.2. The van der Waals surface area contributed by atoms with Crippen LogP contribution in [-0.4, -0.2) is 19.5 Å². The van der Waals surface area contributed by atoms with Gasteiger partial charge in [-0.25, -0.2) is 15.0 Å². The molecule has 2 aromatic heterocycles. The highest BCUT2D eigenvalue weighted by molar-refractivity contribution is 5.96. The molecule has 0 atom stereocenters. The van der Waals surface area contributed by atoms with Crippen LogP contribution in [0.4, 0.5) is 17.1 Å². The van der Waals surface area contributed by atoms with E-state index in [9.17, 15) is 0 Å². The van der Waals surface area contributed by atoms with Crippen LogP contribution in [0.15, 0.2) is 164 Å². The van der Waals surface area contributed by atoms with Crippen molar-refractivity contribution in [1.82, 2.24) is 19.5 Å². The molecule has 46 heavy (non-hydrogen) atoms. The highest BCUT2D eigenvalue weighted by Gasteiger charge is 2.28. The average molecular weight is 590 g/mol. The maximum atomic E-state index is 5.14. The van der Waals surface area contributed by atoms with Gasteiger partial charge >= 0.3 is 0 Å². The van der Waals surface area contributed by atoms with E-state index in [2.05, 4.69) is 131 Å². The van der Waals surface area contributed by atoms with Gasteiger partial charge in [-0.05, 0) is 54.6 Å². The first kappa shape index (κ1) is 26.1. The van der Waals surface area contributed by atoms with Crippen molar-refractivity contribution in [2.45, 2.75) is 0 Å². The van der Waals surface area contributed by atoms with E-state index >= 15 is 0 Å². The second-order valence-corrected chi connectivity index (χ2v) is 11.3. The summed E-state index contributed by atoms with van der Waals surface area (Å²) in [6.07, 6.45) is 0. The minimum atomic E-state index is 0.699. The molecule has 0 amide bonds. The highest BCUT2D eigenvalue weighted by atomic mass is 15.2. The SMILES string of the molecule is c1ccc(-c2cc(-c3cccc(N4c5ccccc5-c5nc6ccccc6n5-c5ccccc54)c3)nc(-c3ccccc3)n2)cc1. The first-order valence-corrected chi connectivity index (χ1v) is 15.4. The molecule has 0 spiro atoms. The molecule has 0 saturated carbocycles. The second kappa shape index (κ2) is 10.7. The zero-order valence-electron chi connectivity index (χ0n) is 24.8. The van der Waals surface area contributed by atoms with Gasteiger partial charge in [0.1, 0.15) is 5.82 Å². The maximum Gasteiger partial charge on any atom is 0.160 e. The van der Waals surface area contributed by atoms with Crippen LogP contribution >= 0.6 is 0 Å². The number of para-hydroxylation sites is 5. The van der Waals surface area contributed by atoms with Crippen molar-refractivity contribution in [3.05, 3.63) is 164 Å². The Labute approximate surface area is 266 Å². The third-order valence-electron chi connectivity index (χ3n) is 8.54. The number of fused-ring (bicyclic) bond motifs is 7. The van der Waals surface area contributed by atoms with E-state index in [0.29, 0.717) is 5.82 Å². The van der Waals surface area contributed by atoms with Gasteiger partial charge in [-0.2, -0.15) is 0 Å². The van der Waals surface area contributed by atoms with E-state index in [0.717, 1.165) is 73.2 Å². The van der Waals surface area contributed by atoms with Crippen molar-refractivity contribution >= 4 is 28.1 Å². The van der Waals surface area contributed by atoms with Crippen molar-refractivity contribution in [1.29, 1.82) is 0 Å². The minimum Gasteiger partial charge on any atom is -0.308 e. The Bertz CT molecular complexity index is 2320. The Balaban J connectivity index is 1.25. The molecule has 1 aliphatic heterocycles. The Hall–Kier alpha value is -6.33. The first-order chi connectivity index (χ1) is 22.8. The normalized spacial score (nSPS) is 11.9. The Morgan fingerprint density at radius 3 is 1.83 bits per heavy atom. The third kappa shape index (κ3) is 4.29. The minimum absolute atomic E-state index is 0.699. The van der Waals surface area contributed by atoms with Gasteiger partial charge in [0, 0.05) is 27.9 Å². The van der Waals surface area contributed by atoms with Gasteiger partial charge in [0.2, 0.25) is 0 Å². The van der Waals surface area contributed by atoms with Crippen molar-refractivity contribution in [3.63, 3.8) is 0 Å². The quantitative estimate of drug-likeness (QED) is 0.205. The van der Waals surface area contributed by atoms with Gasteiger partial charge in [-0.15, -0.1) is 0 Å². The van der Waals surface area contributed by atoms with Crippen molar-refractivity contribution < 1.29 is 0 Å². The number of benzene rings is 6. The van der Waals surface area contributed by atoms with Crippen LogP contribution < -0.4 is 4.90 Å². The van der Waals surface area contributed by atoms with Crippen LogP contribution in [0.25, 0.3) is 62.0 Å². The highest BCUT2D eigenvalue weighted by Crippen LogP contribution is 2.48. The molecule has 0 aliphatic carbocycles. The van der Waals surface area contributed by atoms with Crippen LogP contribution in [0.5, 0.6) is 0 Å². The summed E-state index contributed by atoms with van der Waals surface area (Å²) < 4.78 is 2.29. The van der Waals surface area contributed by atoms with E-state index in [1.807, 2.05) is 42.5 Å². The van der Waals surface area contributed by atoms with Crippen molar-refractivity contribution in [3.8, 4) is 51.0 Å². The zero-order chi connectivity index (χ0) is 30.5. The van der Waals surface area contributed by atoms with Crippen LogP contribution in [0.3, 0.4) is 0 Å². The molecule has 3 heterocycles. The molecule has 216 valence electrons. The second-order valence-electron chi connectivity index (χ2n) is 11.3. The van der Waals surface area contributed by atoms with Gasteiger partial charge in [0.25, 0.3) is 0 Å². The number of hydrogen-bond acceptors (Lipinski definition) is 4. The molecule has 0 saturated heterocycles. The maximum absolute atomic E-state index is 5.14. The standard InChI is InChI=1S/C41H27N5/c1-3-14-28(15-4-1)34-27-35(43-40(42-34)29-16-5-2-6-17-29)30-18-13-19-31(26-30)45-36-22-9-7-20-32(36)41-44-33-21-8-10-23-37(33)46(41)39-25-12-11-24-38(39)45/h1-27H. The Morgan fingerprint density at radius 2 is 1.02 bits per heavy atom. The molecule has 0 unspecified atom stereocenters. The lowest BCUT2D eigenvalue weighted by Crippen LogP contribution is -2.11. The van der Waals surface area contributed by atoms with Crippen LogP contribution in [0, 0.1) is 0 Å². The molecule has 0 radical (unpaired) electrons. The van der Waals surface area contributed by atoms with Crippen LogP contribution in [-0.2, 0) is 0 Å². The van der Waals surface area contributed by atoms with Gasteiger partial charge in [0.15, 0.2) is 5.82 Å². The summed E-state index contributed by atoms with van der Waals surface area (Å²) in [5.74, 6) is 1.63. The smallest absolute Gasteiger partial charge is 0.160 e. The molecular weight excluding hydrogens is 562 g/mol. The first-order valence-electron chi connectivity index (χ1n) is 15.4. The molecule has 0 bridgehead atoms. The Morgan fingerprint density at radius 1 is 0.413 bits per heavy atom. The van der Waals surface area contributed by atoms with E-state index < -0.39 is 0 Å². The predicted molar refractivity (Wildman–Crippen MR) is 187 cm³/mol. The summed E-state index contributed by atoms with van der Waals surface area (Å²) in [5, 5.41) is 0. The molecular formula is C41H27N5. The average Bonchev–Trinajstić information content (AvgIpc) is 3.47. The molecule has 0 N–H and O–H groups in total. The summed E-state index contributed by atoms with van der Waals surface area (Å²) in [4.78, 5) is 17.6. The van der Waals surface area contributed by atoms with Crippen molar-refractivity contribution in [2.24, 2.45) is 0 Å². The third-order valence-corrected chi connectivity index (χ3v) is 8.54. The number of hydrogen-bond donors (Lipinski definition) is 0. The summed E-state index contributed by atoms with van der Waals surface area (Å²) >= 11 is 0. The Kier molecular flexibility index (Phi) is 6.06. The number of rotatable bonds is 4. The zero-order valence-corrected chi connectivity index (χ0v) is 24.8. The summed E-state index contributed by atoms with van der Waals surface area (Å²) in [6, 6.07) is 56.6. The number of nitrogens with zero attached hydrogens (tertiary/aromatic N) is 5. The van der Waals surface area contributed by atoms with E-state index in [1.165, 1.54) is 0 Å². The van der Waals surface area contributed by atoms with Crippen LogP contribution in [0.2, 0.25) is 0 Å². The lowest BCUT2D eigenvalue weighted by atomic mass is 10.0. The molecule has 6 aromatic carbocycles. The van der Waals surface area contributed by atoms with E-state index in [1.54, 1.807) is 0 Å². The van der Waals surface area contributed by atoms with Gasteiger partial charge in [0.05, 0.1) is 39.5 Å². The van der Waals surface area contributed by atoms with Crippen LogP contribution in [0.1, 0.15) is 0 Å². The molecule has 8 aromatic rings. The number of aromatic nitrogens is 4. The molecule has 5 heteroatoms. The number of anilines is 3. The molecule has 5 nitrogen and oxygen atoms in total. The van der Waals surface area contributed by atoms with Gasteiger partial charge in [-0.1, -0.05) is 109 Å².